The molecule has 3 nitrogen and oxygen atoms in total. The minimum Gasteiger partial charge on any atom is -0.360 e. The molecule has 0 aliphatic heterocycles. The van der Waals surface area contributed by atoms with Crippen LogP contribution in [0.5, 0.6) is 0 Å². The highest BCUT2D eigenvalue weighted by Crippen LogP contribution is 2.26. The summed E-state index contributed by atoms with van der Waals surface area (Å²) in [5, 5.41) is 1.13. The third-order valence-electron chi connectivity index (χ3n) is 3.07. The van der Waals surface area contributed by atoms with Crippen LogP contribution in [0.4, 0.5) is 5.69 Å². The van der Waals surface area contributed by atoms with Gasteiger partial charge in [-0.05, 0) is 18.6 Å². The van der Waals surface area contributed by atoms with Gasteiger partial charge in [-0.1, -0.05) is 31.0 Å². The van der Waals surface area contributed by atoms with Gasteiger partial charge in [0.05, 0.1) is 17.8 Å². The molecule has 0 bridgehead atoms. The van der Waals surface area contributed by atoms with Gasteiger partial charge < -0.3 is 10.6 Å². The standard InChI is InChI=1S/C16H19N3/c1-3-9-19(10-4-2)16-11-13(12-17)18-15-8-6-5-7-14(15)16/h1,5-8,11H,4,9-10,12,17H2,2H3. The zero-order valence-electron chi connectivity index (χ0n) is 11.3. The third-order valence-corrected chi connectivity index (χ3v) is 3.07. The van der Waals surface area contributed by atoms with E-state index in [1.165, 1.54) is 0 Å². The molecule has 1 aromatic heterocycles. The SMILES string of the molecule is C#CCN(CCC)c1cc(CN)nc2ccccc12. The van der Waals surface area contributed by atoms with Gasteiger partial charge in [-0.15, -0.1) is 6.42 Å². The predicted octanol–water partition coefficient (Wildman–Crippen LogP) is 2.54. The molecule has 2 rings (SSSR count). The van der Waals surface area contributed by atoms with Gasteiger partial charge in [0, 0.05) is 24.2 Å². The molecule has 0 radical (unpaired) electrons. The van der Waals surface area contributed by atoms with Gasteiger partial charge in [0.25, 0.3) is 0 Å². The highest BCUT2D eigenvalue weighted by atomic mass is 15.1. The van der Waals surface area contributed by atoms with Crippen molar-refractivity contribution < 1.29 is 0 Å². The van der Waals surface area contributed by atoms with Crippen molar-refractivity contribution in [3.63, 3.8) is 0 Å². The first-order valence-corrected chi connectivity index (χ1v) is 6.57. The number of aromatic nitrogens is 1. The lowest BCUT2D eigenvalue weighted by molar-refractivity contribution is 0.823. The summed E-state index contributed by atoms with van der Waals surface area (Å²) in [5.41, 5.74) is 8.73. The van der Waals surface area contributed by atoms with Crippen LogP contribution in [0.3, 0.4) is 0 Å². The summed E-state index contributed by atoms with van der Waals surface area (Å²) in [6.07, 6.45) is 6.53. The molecular formula is C16H19N3. The quantitative estimate of drug-likeness (QED) is 0.833. The van der Waals surface area contributed by atoms with Crippen LogP contribution in [0.1, 0.15) is 19.0 Å². The van der Waals surface area contributed by atoms with Gasteiger partial charge >= 0.3 is 0 Å². The zero-order chi connectivity index (χ0) is 13.7. The van der Waals surface area contributed by atoms with Gasteiger partial charge in [0.2, 0.25) is 0 Å². The molecule has 0 aliphatic carbocycles. The summed E-state index contributed by atoms with van der Waals surface area (Å²) in [6.45, 7) is 4.12. The highest BCUT2D eigenvalue weighted by Gasteiger charge is 2.10. The van der Waals surface area contributed by atoms with Crippen LogP contribution in [-0.2, 0) is 6.54 Å². The number of fused-ring (bicyclic) bond motifs is 1. The summed E-state index contributed by atoms with van der Waals surface area (Å²) in [7, 11) is 0. The number of nitrogens with two attached hydrogens (primary N) is 1. The molecule has 0 saturated carbocycles. The van der Waals surface area contributed by atoms with E-state index in [2.05, 4.69) is 34.9 Å². The molecule has 0 atom stereocenters. The van der Waals surface area contributed by atoms with Crippen molar-refractivity contribution in [1.82, 2.24) is 4.98 Å². The number of para-hydroxylation sites is 1. The normalized spacial score (nSPS) is 10.4. The van der Waals surface area contributed by atoms with Gasteiger partial charge in [-0.2, -0.15) is 0 Å². The largest absolute Gasteiger partial charge is 0.360 e. The molecule has 2 aromatic rings. The second kappa shape index (κ2) is 6.21. The van der Waals surface area contributed by atoms with Crippen LogP contribution in [0, 0.1) is 12.3 Å². The number of terminal acetylenes is 1. The Morgan fingerprint density at radius 3 is 2.84 bits per heavy atom. The lowest BCUT2D eigenvalue weighted by Gasteiger charge is -2.24. The Hall–Kier alpha value is -2.05. The first kappa shape index (κ1) is 13.4. The lowest BCUT2D eigenvalue weighted by Crippen LogP contribution is -2.25. The summed E-state index contributed by atoms with van der Waals surface area (Å²) >= 11 is 0. The second-order valence-corrected chi connectivity index (χ2v) is 4.48. The van der Waals surface area contributed by atoms with Crippen LogP contribution in [-0.4, -0.2) is 18.1 Å². The van der Waals surface area contributed by atoms with Crippen molar-refractivity contribution in [3.05, 3.63) is 36.0 Å². The third kappa shape index (κ3) is 2.86. The zero-order valence-corrected chi connectivity index (χ0v) is 11.3. The topological polar surface area (TPSA) is 42.1 Å². The molecular weight excluding hydrogens is 234 g/mol. The number of benzene rings is 1. The fourth-order valence-corrected chi connectivity index (χ4v) is 2.24. The summed E-state index contributed by atoms with van der Waals surface area (Å²) < 4.78 is 0. The molecule has 19 heavy (non-hydrogen) atoms. The Morgan fingerprint density at radius 1 is 1.37 bits per heavy atom. The minimum absolute atomic E-state index is 0.438. The number of hydrogen-bond donors (Lipinski definition) is 1. The Morgan fingerprint density at radius 2 is 2.16 bits per heavy atom. The Balaban J connectivity index is 2.58. The van der Waals surface area contributed by atoms with E-state index in [1.54, 1.807) is 0 Å². The monoisotopic (exact) mass is 253 g/mol. The maximum absolute atomic E-state index is 5.74. The molecule has 0 spiro atoms. The van der Waals surface area contributed by atoms with Crippen molar-refractivity contribution >= 4 is 16.6 Å². The molecule has 2 N–H and O–H groups in total. The molecule has 0 saturated heterocycles. The molecule has 0 unspecified atom stereocenters. The first-order valence-electron chi connectivity index (χ1n) is 6.57. The van der Waals surface area contributed by atoms with Crippen LogP contribution >= 0.6 is 0 Å². The molecule has 0 fully saturated rings. The average molecular weight is 253 g/mol. The number of anilines is 1. The number of pyridine rings is 1. The van der Waals surface area contributed by atoms with Crippen molar-refractivity contribution in [1.29, 1.82) is 0 Å². The van der Waals surface area contributed by atoms with Crippen molar-refractivity contribution in [3.8, 4) is 12.3 Å². The van der Waals surface area contributed by atoms with E-state index in [0.717, 1.165) is 35.2 Å². The van der Waals surface area contributed by atoms with E-state index in [1.807, 2.05) is 18.2 Å². The molecule has 0 amide bonds. The van der Waals surface area contributed by atoms with Crippen molar-refractivity contribution in [2.75, 3.05) is 18.0 Å². The highest BCUT2D eigenvalue weighted by molar-refractivity contribution is 5.92. The van der Waals surface area contributed by atoms with E-state index in [4.69, 9.17) is 12.2 Å². The fourth-order valence-electron chi connectivity index (χ4n) is 2.24. The summed E-state index contributed by atoms with van der Waals surface area (Å²) in [4.78, 5) is 6.77. The van der Waals surface area contributed by atoms with Crippen LogP contribution < -0.4 is 10.6 Å². The predicted molar refractivity (Wildman–Crippen MR) is 81.0 cm³/mol. The Bertz CT molecular complexity index is 598. The van der Waals surface area contributed by atoms with Gasteiger partial charge in [0.1, 0.15) is 0 Å². The van der Waals surface area contributed by atoms with E-state index < -0.39 is 0 Å². The average Bonchev–Trinajstić information content (AvgIpc) is 2.46. The molecule has 1 aromatic carbocycles. The second-order valence-electron chi connectivity index (χ2n) is 4.48. The lowest BCUT2D eigenvalue weighted by atomic mass is 10.1. The van der Waals surface area contributed by atoms with E-state index in [9.17, 15) is 0 Å². The fraction of sp³-hybridized carbons (Fsp3) is 0.312. The molecule has 0 aliphatic rings. The van der Waals surface area contributed by atoms with Crippen LogP contribution in [0.25, 0.3) is 10.9 Å². The number of hydrogen-bond acceptors (Lipinski definition) is 3. The Labute approximate surface area is 114 Å². The van der Waals surface area contributed by atoms with Crippen LogP contribution in [0.2, 0.25) is 0 Å². The maximum Gasteiger partial charge on any atom is 0.0791 e. The van der Waals surface area contributed by atoms with Crippen molar-refractivity contribution in [2.45, 2.75) is 19.9 Å². The Kier molecular flexibility index (Phi) is 4.38. The minimum atomic E-state index is 0.438. The first-order chi connectivity index (χ1) is 9.30. The van der Waals surface area contributed by atoms with Gasteiger partial charge in [-0.25, -0.2) is 0 Å². The molecule has 3 heteroatoms. The van der Waals surface area contributed by atoms with Gasteiger partial charge in [0.15, 0.2) is 0 Å². The number of rotatable bonds is 5. The molecule has 1 heterocycles. The van der Waals surface area contributed by atoms with Crippen LogP contribution in [0.15, 0.2) is 30.3 Å². The van der Waals surface area contributed by atoms with E-state index >= 15 is 0 Å². The van der Waals surface area contributed by atoms with Gasteiger partial charge in [-0.3, -0.25) is 4.98 Å². The number of nitrogens with zero attached hydrogens (tertiary/aromatic N) is 2. The smallest absolute Gasteiger partial charge is 0.0791 e. The summed E-state index contributed by atoms with van der Waals surface area (Å²) in [6, 6.07) is 10.2. The van der Waals surface area contributed by atoms with E-state index in [-0.39, 0.29) is 0 Å². The summed E-state index contributed by atoms with van der Waals surface area (Å²) in [5.74, 6) is 2.73. The van der Waals surface area contributed by atoms with E-state index in [0.29, 0.717) is 13.1 Å². The maximum atomic E-state index is 5.74. The molecule has 98 valence electrons. The van der Waals surface area contributed by atoms with Crippen molar-refractivity contribution in [2.24, 2.45) is 5.73 Å².